The van der Waals surface area contributed by atoms with E-state index in [0.29, 0.717) is 11.3 Å². The first-order chi connectivity index (χ1) is 8.26. The third-order valence-corrected chi connectivity index (χ3v) is 3.65. The molecule has 0 heterocycles. The molecule has 0 radical (unpaired) electrons. The monoisotopic (exact) mass is 243 g/mol. The van der Waals surface area contributed by atoms with Gasteiger partial charge in [0.05, 0.1) is 11.6 Å². The van der Waals surface area contributed by atoms with Crippen LogP contribution >= 0.6 is 11.8 Å². The molecule has 1 aliphatic carbocycles. The molecule has 1 aliphatic rings. The molecule has 17 heavy (non-hydrogen) atoms. The van der Waals surface area contributed by atoms with E-state index in [4.69, 9.17) is 5.26 Å². The molecule has 0 saturated heterocycles. The fraction of sp³-hybridized carbons (Fsp3) is 0.214. The summed E-state index contributed by atoms with van der Waals surface area (Å²) < 4.78 is 0. The first-order valence-electron chi connectivity index (χ1n) is 5.40. The maximum absolute atomic E-state index is 10.2. The van der Waals surface area contributed by atoms with Crippen LogP contribution in [-0.4, -0.2) is 11.4 Å². The van der Waals surface area contributed by atoms with Gasteiger partial charge in [-0.15, -0.1) is 11.8 Å². The van der Waals surface area contributed by atoms with Gasteiger partial charge in [0, 0.05) is 10.8 Å². The van der Waals surface area contributed by atoms with Crippen molar-refractivity contribution >= 4 is 11.8 Å². The summed E-state index contributed by atoms with van der Waals surface area (Å²) in [6.07, 6.45) is 6.74. The standard InChI is InChI=1S/C14H13NOS/c1-17-13-7-3-6-12(14(13)16)11-5-2-4-10(8-11)9-15/h2-5,7-8,12,16H,6H2,1H3. The minimum absolute atomic E-state index is 0.0178. The van der Waals surface area contributed by atoms with Gasteiger partial charge in [-0.05, 0) is 36.4 Å². The van der Waals surface area contributed by atoms with E-state index in [-0.39, 0.29) is 5.92 Å². The Balaban J connectivity index is 2.38. The van der Waals surface area contributed by atoms with E-state index in [1.807, 2.05) is 30.5 Å². The SMILES string of the molecule is CSC1=C(O)C(c2cccc(C#N)c2)CC=C1. The molecule has 1 N–H and O–H groups in total. The lowest BCUT2D eigenvalue weighted by atomic mass is 9.90. The summed E-state index contributed by atoms with van der Waals surface area (Å²) >= 11 is 1.54. The van der Waals surface area contributed by atoms with Crippen LogP contribution in [-0.2, 0) is 0 Å². The van der Waals surface area contributed by atoms with Crippen LogP contribution in [0.4, 0.5) is 0 Å². The van der Waals surface area contributed by atoms with Crippen molar-refractivity contribution in [3.05, 3.63) is 58.2 Å². The van der Waals surface area contributed by atoms with E-state index in [1.165, 1.54) is 0 Å². The van der Waals surface area contributed by atoms with Crippen LogP contribution in [0.25, 0.3) is 0 Å². The normalized spacial score (nSPS) is 19.2. The lowest BCUT2D eigenvalue weighted by Crippen LogP contribution is -2.06. The number of aliphatic hydroxyl groups excluding tert-OH is 1. The molecule has 0 bridgehead atoms. The highest BCUT2D eigenvalue weighted by Gasteiger charge is 2.21. The highest BCUT2D eigenvalue weighted by molar-refractivity contribution is 8.02. The number of aliphatic hydroxyl groups is 1. The number of hydrogen-bond acceptors (Lipinski definition) is 3. The smallest absolute Gasteiger partial charge is 0.113 e. The van der Waals surface area contributed by atoms with Crippen LogP contribution in [0.1, 0.15) is 23.5 Å². The first kappa shape index (κ1) is 11.8. The van der Waals surface area contributed by atoms with Crippen molar-refractivity contribution in [3.63, 3.8) is 0 Å². The molecule has 0 amide bonds. The third-order valence-electron chi connectivity index (χ3n) is 2.86. The summed E-state index contributed by atoms with van der Waals surface area (Å²) in [7, 11) is 0. The molecule has 0 spiro atoms. The maximum Gasteiger partial charge on any atom is 0.113 e. The second-order valence-electron chi connectivity index (χ2n) is 3.88. The molecule has 2 nitrogen and oxygen atoms in total. The number of nitrogens with zero attached hydrogens (tertiary/aromatic N) is 1. The van der Waals surface area contributed by atoms with Crippen LogP contribution in [0, 0.1) is 11.3 Å². The highest BCUT2D eigenvalue weighted by Crippen LogP contribution is 2.36. The molecule has 1 unspecified atom stereocenters. The Hall–Kier alpha value is -1.66. The van der Waals surface area contributed by atoms with Crippen LogP contribution in [0.15, 0.2) is 47.1 Å². The van der Waals surface area contributed by atoms with Gasteiger partial charge in [0.1, 0.15) is 5.76 Å². The summed E-state index contributed by atoms with van der Waals surface area (Å²) in [5.74, 6) is 0.394. The fourth-order valence-electron chi connectivity index (χ4n) is 1.97. The van der Waals surface area contributed by atoms with Gasteiger partial charge in [-0.25, -0.2) is 0 Å². The lowest BCUT2D eigenvalue weighted by Gasteiger charge is -2.20. The molecule has 1 aromatic carbocycles. The Morgan fingerprint density at radius 1 is 1.47 bits per heavy atom. The average molecular weight is 243 g/mol. The Morgan fingerprint density at radius 2 is 2.29 bits per heavy atom. The molecular formula is C14H13NOS. The van der Waals surface area contributed by atoms with E-state index < -0.39 is 0 Å². The van der Waals surface area contributed by atoms with Gasteiger partial charge >= 0.3 is 0 Å². The quantitative estimate of drug-likeness (QED) is 0.860. The summed E-state index contributed by atoms with van der Waals surface area (Å²) in [4.78, 5) is 0.906. The third kappa shape index (κ3) is 2.37. The zero-order chi connectivity index (χ0) is 12.3. The van der Waals surface area contributed by atoms with Crippen molar-refractivity contribution in [2.45, 2.75) is 12.3 Å². The van der Waals surface area contributed by atoms with Gasteiger partial charge in [-0.2, -0.15) is 5.26 Å². The Kier molecular flexibility index (Phi) is 3.55. The second kappa shape index (κ2) is 5.11. The van der Waals surface area contributed by atoms with E-state index in [0.717, 1.165) is 16.9 Å². The second-order valence-corrected chi connectivity index (χ2v) is 4.73. The van der Waals surface area contributed by atoms with Gasteiger partial charge in [-0.3, -0.25) is 0 Å². The van der Waals surface area contributed by atoms with Gasteiger partial charge in [-0.1, -0.05) is 18.2 Å². The minimum Gasteiger partial charge on any atom is -0.510 e. The molecule has 2 rings (SSSR count). The van der Waals surface area contributed by atoms with Crippen molar-refractivity contribution in [2.75, 3.05) is 6.26 Å². The van der Waals surface area contributed by atoms with Gasteiger partial charge in [0.25, 0.3) is 0 Å². The largest absolute Gasteiger partial charge is 0.510 e. The Bertz CT molecular complexity index is 525. The van der Waals surface area contributed by atoms with Crippen LogP contribution in [0.5, 0.6) is 0 Å². The first-order valence-corrected chi connectivity index (χ1v) is 6.62. The number of allylic oxidation sites excluding steroid dienone is 3. The molecule has 0 aromatic heterocycles. The van der Waals surface area contributed by atoms with Crippen molar-refractivity contribution in [3.8, 4) is 6.07 Å². The zero-order valence-electron chi connectivity index (χ0n) is 9.55. The van der Waals surface area contributed by atoms with E-state index in [9.17, 15) is 5.11 Å². The Labute approximate surface area is 105 Å². The lowest BCUT2D eigenvalue weighted by molar-refractivity contribution is 0.363. The molecule has 0 fully saturated rings. The minimum atomic E-state index is -0.0178. The molecular weight excluding hydrogens is 230 g/mol. The highest BCUT2D eigenvalue weighted by atomic mass is 32.2. The van der Waals surface area contributed by atoms with Gasteiger partial charge in [0.2, 0.25) is 0 Å². The van der Waals surface area contributed by atoms with Gasteiger partial charge < -0.3 is 5.11 Å². The molecule has 86 valence electrons. The summed E-state index contributed by atoms with van der Waals surface area (Å²) in [5.41, 5.74) is 1.63. The molecule has 3 heteroatoms. The molecule has 0 saturated carbocycles. The molecule has 1 aromatic rings. The number of nitriles is 1. The van der Waals surface area contributed by atoms with Crippen molar-refractivity contribution in [1.82, 2.24) is 0 Å². The number of rotatable bonds is 2. The maximum atomic E-state index is 10.2. The van der Waals surface area contributed by atoms with Crippen LogP contribution < -0.4 is 0 Å². The average Bonchev–Trinajstić information content (AvgIpc) is 2.39. The topological polar surface area (TPSA) is 44.0 Å². The fourth-order valence-corrected chi connectivity index (χ4v) is 2.56. The Morgan fingerprint density at radius 3 is 3.00 bits per heavy atom. The summed E-state index contributed by atoms with van der Waals surface area (Å²) in [6, 6.07) is 9.56. The number of benzene rings is 1. The summed E-state index contributed by atoms with van der Waals surface area (Å²) in [6.45, 7) is 0. The molecule has 1 atom stereocenters. The van der Waals surface area contributed by atoms with Crippen LogP contribution in [0.2, 0.25) is 0 Å². The van der Waals surface area contributed by atoms with E-state index >= 15 is 0 Å². The van der Waals surface area contributed by atoms with E-state index in [1.54, 1.807) is 17.8 Å². The number of thioether (sulfide) groups is 1. The molecule has 0 aliphatic heterocycles. The number of hydrogen-bond donors (Lipinski definition) is 1. The predicted molar refractivity (Wildman–Crippen MR) is 70.8 cm³/mol. The van der Waals surface area contributed by atoms with Crippen molar-refractivity contribution in [2.24, 2.45) is 0 Å². The predicted octanol–water partition coefficient (Wildman–Crippen LogP) is 3.73. The summed E-state index contributed by atoms with van der Waals surface area (Å²) in [5, 5.41) is 19.1. The van der Waals surface area contributed by atoms with Gasteiger partial charge in [0.15, 0.2) is 0 Å². The van der Waals surface area contributed by atoms with Crippen molar-refractivity contribution < 1.29 is 5.11 Å². The van der Waals surface area contributed by atoms with Crippen molar-refractivity contribution in [1.29, 1.82) is 5.26 Å². The zero-order valence-corrected chi connectivity index (χ0v) is 10.4. The van der Waals surface area contributed by atoms with E-state index in [2.05, 4.69) is 12.1 Å². The van der Waals surface area contributed by atoms with Crippen LogP contribution in [0.3, 0.4) is 0 Å².